The summed E-state index contributed by atoms with van der Waals surface area (Å²) in [5.74, 6) is 0.712. The third kappa shape index (κ3) is 2.00. The minimum atomic E-state index is -0.0134. The van der Waals surface area contributed by atoms with Gasteiger partial charge in [0, 0.05) is 12.1 Å². The van der Waals surface area contributed by atoms with E-state index in [1.165, 1.54) is 37.1 Å². The van der Waals surface area contributed by atoms with E-state index in [0.29, 0.717) is 5.92 Å². The summed E-state index contributed by atoms with van der Waals surface area (Å²) in [5.41, 5.74) is 9.24. The van der Waals surface area contributed by atoms with Crippen molar-refractivity contribution in [1.29, 1.82) is 0 Å². The largest absolute Gasteiger partial charge is 0.321 e. The number of hydrogen-bond acceptors (Lipinski definition) is 2. The van der Waals surface area contributed by atoms with Gasteiger partial charge in [-0.15, -0.1) is 0 Å². The fourth-order valence-corrected chi connectivity index (χ4v) is 3.16. The third-order valence-electron chi connectivity index (χ3n) is 4.57. The molecule has 1 saturated heterocycles. The van der Waals surface area contributed by atoms with Crippen LogP contribution in [0, 0.1) is 0 Å². The van der Waals surface area contributed by atoms with E-state index in [1.54, 1.807) is 0 Å². The number of likely N-dealkylation sites (tertiary alicyclic amines) is 1. The highest BCUT2D eigenvalue weighted by molar-refractivity contribution is 5.33. The summed E-state index contributed by atoms with van der Waals surface area (Å²) in [5, 5.41) is 0. The summed E-state index contributed by atoms with van der Waals surface area (Å²) in [6.07, 6.45) is 4.88. The molecule has 1 aromatic carbocycles. The van der Waals surface area contributed by atoms with Crippen molar-refractivity contribution in [2.24, 2.45) is 5.73 Å². The molecule has 1 heterocycles. The first-order valence-corrected chi connectivity index (χ1v) is 6.75. The molecule has 0 spiro atoms. The second kappa shape index (κ2) is 4.11. The maximum absolute atomic E-state index is 6.41. The Bertz CT molecular complexity index is 409. The molecule has 0 aromatic heterocycles. The molecule has 1 saturated carbocycles. The molecule has 3 rings (SSSR count). The normalized spacial score (nSPS) is 28.0. The van der Waals surface area contributed by atoms with Crippen LogP contribution in [0.25, 0.3) is 0 Å². The highest BCUT2D eigenvalue weighted by atomic mass is 15.1. The highest BCUT2D eigenvalue weighted by Gasteiger charge is 2.34. The molecule has 2 heteroatoms. The van der Waals surface area contributed by atoms with E-state index < -0.39 is 0 Å². The molecule has 1 atom stereocenters. The first-order valence-electron chi connectivity index (χ1n) is 6.75. The van der Waals surface area contributed by atoms with Crippen molar-refractivity contribution in [2.45, 2.75) is 37.1 Å². The lowest BCUT2D eigenvalue weighted by molar-refractivity contribution is 0.253. The van der Waals surface area contributed by atoms with Gasteiger partial charge < -0.3 is 10.6 Å². The van der Waals surface area contributed by atoms with Crippen LogP contribution in [0.15, 0.2) is 24.3 Å². The Kier molecular flexibility index (Phi) is 2.72. The summed E-state index contributed by atoms with van der Waals surface area (Å²) in [6.45, 7) is 2.42. The molecule has 0 radical (unpaired) electrons. The number of likely N-dealkylation sites (N-methyl/N-ethyl adjacent to an activating group) is 1. The average Bonchev–Trinajstić information content (AvgIpc) is 2.73. The summed E-state index contributed by atoms with van der Waals surface area (Å²) in [6, 6.07) is 9.04. The molecular weight excluding hydrogens is 208 g/mol. The molecule has 2 nitrogen and oxygen atoms in total. The Morgan fingerprint density at radius 1 is 1.35 bits per heavy atom. The Morgan fingerprint density at radius 3 is 2.76 bits per heavy atom. The Balaban J connectivity index is 1.84. The summed E-state index contributed by atoms with van der Waals surface area (Å²) in [4.78, 5) is 2.42. The van der Waals surface area contributed by atoms with E-state index >= 15 is 0 Å². The fourth-order valence-electron chi connectivity index (χ4n) is 3.16. The lowest BCUT2D eigenvalue weighted by Crippen LogP contribution is -2.43. The van der Waals surface area contributed by atoms with Crippen molar-refractivity contribution < 1.29 is 0 Å². The van der Waals surface area contributed by atoms with Gasteiger partial charge in [-0.05, 0) is 56.3 Å². The molecule has 1 aromatic rings. The summed E-state index contributed by atoms with van der Waals surface area (Å²) < 4.78 is 0. The second-order valence-corrected chi connectivity index (χ2v) is 5.88. The van der Waals surface area contributed by atoms with E-state index in [9.17, 15) is 0 Å². The van der Waals surface area contributed by atoms with Crippen LogP contribution in [-0.2, 0) is 5.54 Å². The number of benzene rings is 1. The van der Waals surface area contributed by atoms with Gasteiger partial charge in [0.15, 0.2) is 0 Å². The van der Waals surface area contributed by atoms with Gasteiger partial charge in [0.2, 0.25) is 0 Å². The van der Waals surface area contributed by atoms with Crippen LogP contribution >= 0.6 is 0 Å². The van der Waals surface area contributed by atoms with Crippen LogP contribution in [0.1, 0.15) is 42.7 Å². The molecule has 0 amide bonds. The second-order valence-electron chi connectivity index (χ2n) is 5.88. The fraction of sp³-hybridized carbons (Fsp3) is 0.600. The quantitative estimate of drug-likeness (QED) is 0.845. The molecule has 1 aliphatic heterocycles. The minimum Gasteiger partial charge on any atom is -0.321 e. The van der Waals surface area contributed by atoms with Crippen molar-refractivity contribution in [1.82, 2.24) is 4.90 Å². The monoisotopic (exact) mass is 230 g/mol. The van der Waals surface area contributed by atoms with Crippen LogP contribution in [0.2, 0.25) is 0 Å². The van der Waals surface area contributed by atoms with E-state index in [0.717, 1.165) is 12.8 Å². The molecule has 1 aliphatic carbocycles. The van der Waals surface area contributed by atoms with Crippen molar-refractivity contribution in [3.8, 4) is 0 Å². The lowest BCUT2D eigenvalue weighted by Gasteiger charge is -2.39. The molecular formula is C15H22N2. The zero-order valence-corrected chi connectivity index (χ0v) is 10.7. The van der Waals surface area contributed by atoms with Gasteiger partial charge in [0.25, 0.3) is 0 Å². The van der Waals surface area contributed by atoms with Crippen LogP contribution < -0.4 is 5.73 Å². The Hall–Kier alpha value is -0.860. The zero-order chi connectivity index (χ0) is 11.9. The van der Waals surface area contributed by atoms with Crippen LogP contribution in [0.4, 0.5) is 0 Å². The maximum Gasteiger partial charge on any atom is 0.0409 e. The molecule has 92 valence electrons. The van der Waals surface area contributed by atoms with Gasteiger partial charge in [-0.1, -0.05) is 24.3 Å². The Labute approximate surface area is 104 Å². The molecule has 2 aliphatic rings. The molecule has 0 bridgehead atoms. The third-order valence-corrected chi connectivity index (χ3v) is 4.57. The average molecular weight is 230 g/mol. The maximum atomic E-state index is 6.41. The van der Waals surface area contributed by atoms with E-state index in [4.69, 9.17) is 5.73 Å². The topological polar surface area (TPSA) is 29.3 Å². The smallest absolute Gasteiger partial charge is 0.0409 e. The van der Waals surface area contributed by atoms with Crippen molar-refractivity contribution in [3.63, 3.8) is 0 Å². The summed E-state index contributed by atoms with van der Waals surface area (Å²) in [7, 11) is 2.21. The van der Waals surface area contributed by atoms with Crippen molar-refractivity contribution >= 4 is 0 Å². The van der Waals surface area contributed by atoms with Gasteiger partial charge in [-0.25, -0.2) is 0 Å². The molecule has 2 N–H and O–H groups in total. The number of rotatable bonds is 2. The summed E-state index contributed by atoms with van der Waals surface area (Å²) >= 11 is 0. The standard InChI is InChI=1S/C15H22N2/c1-17-9-6-13(11-17)12-4-2-5-14(10-12)15(16)7-3-8-15/h2,4-5,10,13H,3,6-9,11,16H2,1H3. The number of nitrogens with zero attached hydrogens (tertiary/aromatic N) is 1. The van der Waals surface area contributed by atoms with E-state index in [2.05, 4.69) is 36.2 Å². The van der Waals surface area contributed by atoms with Crippen LogP contribution in [0.3, 0.4) is 0 Å². The van der Waals surface area contributed by atoms with Crippen molar-refractivity contribution in [2.75, 3.05) is 20.1 Å². The predicted octanol–water partition coefficient (Wildman–Crippen LogP) is 2.44. The highest BCUT2D eigenvalue weighted by Crippen LogP contribution is 2.39. The van der Waals surface area contributed by atoms with Gasteiger partial charge in [-0.3, -0.25) is 0 Å². The zero-order valence-electron chi connectivity index (χ0n) is 10.7. The number of hydrogen-bond donors (Lipinski definition) is 1. The van der Waals surface area contributed by atoms with Gasteiger partial charge in [-0.2, -0.15) is 0 Å². The SMILES string of the molecule is CN1CCC(c2cccc(C3(N)CCC3)c2)C1. The predicted molar refractivity (Wildman–Crippen MR) is 71.0 cm³/mol. The molecule has 17 heavy (non-hydrogen) atoms. The molecule has 1 unspecified atom stereocenters. The number of nitrogens with two attached hydrogens (primary N) is 1. The Morgan fingerprint density at radius 2 is 2.18 bits per heavy atom. The first-order chi connectivity index (χ1) is 8.17. The van der Waals surface area contributed by atoms with Crippen molar-refractivity contribution in [3.05, 3.63) is 35.4 Å². The van der Waals surface area contributed by atoms with Crippen LogP contribution in [0.5, 0.6) is 0 Å². The van der Waals surface area contributed by atoms with Crippen LogP contribution in [-0.4, -0.2) is 25.0 Å². The minimum absolute atomic E-state index is 0.0134. The van der Waals surface area contributed by atoms with E-state index in [1.807, 2.05) is 0 Å². The lowest BCUT2D eigenvalue weighted by atomic mass is 9.72. The van der Waals surface area contributed by atoms with Gasteiger partial charge >= 0.3 is 0 Å². The van der Waals surface area contributed by atoms with Gasteiger partial charge in [0.05, 0.1) is 0 Å². The molecule has 2 fully saturated rings. The van der Waals surface area contributed by atoms with E-state index in [-0.39, 0.29) is 5.54 Å². The first kappa shape index (κ1) is 11.2. The van der Waals surface area contributed by atoms with Gasteiger partial charge in [0.1, 0.15) is 0 Å².